The van der Waals surface area contributed by atoms with E-state index in [1.807, 2.05) is 7.05 Å². The zero-order valence-corrected chi connectivity index (χ0v) is 34.9. The molecule has 15 nitrogen and oxygen atoms in total. The number of benzene rings is 2. The van der Waals surface area contributed by atoms with E-state index in [0.717, 1.165) is 19.4 Å². The second kappa shape index (κ2) is 18.2. The Balaban J connectivity index is 1.74. The molecule has 1 amide bonds. The van der Waals surface area contributed by atoms with Crippen LogP contribution in [0.15, 0.2) is 41.1 Å². The van der Waals surface area contributed by atoms with Crippen molar-refractivity contribution >= 4 is 34.5 Å². The number of phenols is 3. The predicted molar refractivity (Wildman–Crippen MR) is 215 cm³/mol. The van der Waals surface area contributed by atoms with Gasteiger partial charge < -0.3 is 49.4 Å². The SMILES string of the molecule is CO[C@H]1/C=C/O[C@@]2(C)Oc3c(F)c(O)c4c(O)c(/c(=C\CN5CCN(C)CC5)c(O)c4c3C2=O)=NC(=O)/C(C)=C\C=C\[C@H](C)[C@H](O)[C@@H](C)[C@@H](O)[C@@H](C)[C@H](OC(C)=O)[C@@H]1C. The smallest absolute Gasteiger partial charge is 0.312 e. The molecule has 0 aliphatic carbocycles. The Hall–Kier alpha value is -4.87. The maximum Gasteiger partial charge on any atom is 0.312 e. The molecule has 2 aromatic carbocycles. The van der Waals surface area contributed by atoms with Crippen molar-refractivity contribution in [2.75, 3.05) is 46.9 Å². The number of halogens is 1. The van der Waals surface area contributed by atoms with Crippen LogP contribution in [0, 0.1) is 29.5 Å². The van der Waals surface area contributed by atoms with E-state index in [1.165, 1.54) is 52.2 Å². The third-order valence-electron chi connectivity index (χ3n) is 11.8. The summed E-state index contributed by atoms with van der Waals surface area (Å²) in [5, 5.41) is 56.0. The predicted octanol–water partition coefficient (Wildman–Crippen LogP) is 2.82. The van der Waals surface area contributed by atoms with E-state index >= 15 is 4.39 Å². The van der Waals surface area contributed by atoms with Crippen molar-refractivity contribution < 1.29 is 63.3 Å². The van der Waals surface area contributed by atoms with Crippen molar-refractivity contribution in [3.63, 3.8) is 0 Å². The lowest BCUT2D eigenvalue weighted by Gasteiger charge is -2.38. The Bertz CT molecular complexity index is 2180. The number of Topliss-reactive ketones (excluding diaryl/α,β-unsaturated/α-hetero) is 1. The number of allylic oxidation sites excluding steroid dienone is 2. The number of nitrogens with zero attached hydrogens (tertiary/aromatic N) is 3. The summed E-state index contributed by atoms with van der Waals surface area (Å²) in [4.78, 5) is 48.6. The lowest BCUT2D eigenvalue weighted by Crippen LogP contribution is -2.46. The van der Waals surface area contributed by atoms with Crippen molar-refractivity contribution in [2.24, 2.45) is 28.7 Å². The molecular formula is C43H56FN3O12. The lowest BCUT2D eigenvalue weighted by molar-refractivity contribution is -0.160. The summed E-state index contributed by atoms with van der Waals surface area (Å²) in [7, 11) is 3.38. The zero-order chi connectivity index (χ0) is 43.7. The van der Waals surface area contributed by atoms with Gasteiger partial charge in [0, 0.05) is 93.5 Å². The van der Waals surface area contributed by atoms with Gasteiger partial charge in [-0.05, 0) is 20.0 Å². The molecule has 0 spiro atoms. The highest BCUT2D eigenvalue weighted by molar-refractivity contribution is 6.19. The van der Waals surface area contributed by atoms with Crippen molar-refractivity contribution in [3.8, 4) is 23.0 Å². The largest absolute Gasteiger partial charge is 0.507 e. The molecule has 4 aliphatic rings. The third kappa shape index (κ3) is 9.01. The van der Waals surface area contributed by atoms with Crippen molar-refractivity contribution in [1.29, 1.82) is 0 Å². The lowest BCUT2D eigenvalue weighted by atomic mass is 9.78. The highest BCUT2D eigenvalue weighted by atomic mass is 19.1. The molecule has 0 radical (unpaired) electrons. The van der Waals surface area contributed by atoms with Crippen LogP contribution in [0.1, 0.15) is 58.8 Å². The third-order valence-corrected chi connectivity index (χ3v) is 11.8. The van der Waals surface area contributed by atoms with Crippen molar-refractivity contribution in [2.45, 2.75) is 78.7 Å². The van der Waals surface area contributed by atoms with E-state index in [2.05, 4.69) is 14.8 Å². The number of methoxy groups -OCH3 is 1. The van der Waals surface area contributed by atoms with E-state index in [9.17, 15) is 39.9 Å². The number of rotatable bonds is 4. The fourth-order valence-electron chi connectivity index (χ4n) is 7.95. The number of ether oxygens (including phenoxy) is 4. The van der Waals surface area contributed by atoms with Gasteiger partial charge in [-0.2, -0.15) is 4.39 Å². The molecule has 4 aliphatic heterocycles. The van der Waals surface area contributed by atoms with Gasteiger partial charge in [-0.15, -0.1) is 0 Å². The van der Waals surface area contributed by atoms with Crippen LogP contribution < -0.4 is 15.3 Å². The minimum Gasteiger partial charge on any atom is -0.507 e. The number of hydrogen-bond donors (Lipinski definition) is 5. The molecule has 1 fully saturated rings. The first-order valence-electron chi connectivity index (χ1n) is 19.7. The van der Waals surface area contributed by atoms with E-state index in [1.54, 1.807) is 33.8 Å². The number of esters is 1. The maximum atomic E-state index is 16.1. The van der Waals surface area contributed by atoms with Crippen LogP contribution in [-0.2, 0) is 23.8 Å². The van der Waals surface area contributed by atoms with Gasteiger partial charge in [-0.3, -0.25) is 19.3 Å². The molecule has 322 valence electrons. The molecule has 1 saturated heterocycles. The van der Waals surface area contributed by atoms with Gasteiger partial charge in [-0.25, -0.2) is 4.99 Å². The van der Waals surface area contributed by atoms with Crippen molar-refractivity contribution in [3.05, 3.63) is 58.1 Å². The Morgan fingerprint density at radius 1 is 0.983 bits per heavy atom. The molecule has 9 atom stereocenters. The van der Waals surface area contributed by atoms with Crippen LogP contribution >= 0.6 is 0 Å². The fourth-order valence-corrected chi connectivity index (χ4v) is 7.95. The number of amides is 1. The number of carbonyl (C=O) groups is 3. The number of likely N-dealkylation sites (N-methyl/N-ethyl adjacent to an activating group) is 1. The molecule has 2 aromatic rings. The Labute approximate surface area is 342 Å². The van der Waals surface area contributed by atoms with Gasteiger partial charge >= 0.3 is 11.8 Å². The van der Waals surface area contributed by atoms with Crippen LogP contribution in [0.25, 0.3) is 16.8 Å². The minimum atomic E-state index is -2.27. The number of carbonyl (C=O) groups excluding carboxylic acids is 3. The van der Waals surface area contributed by atoms with Gasteiger partial charge in [-0.1, -0.05) is 52.0 Å². The topological polar surface area (TPSA) is 208 Å². The van der Waals surface area contributed by atoms with Gasteiger partial charge in [0.15, 0.2) is 17.2 Å². The van der Waals surface area contributed by atoms with Gasteiger partial charge in [0.2, 0.25) is 5.82 Å². The average molecular weight is 826 g/mol. The van der Waals surface area contributed by atoms with Crippen molar-refractivity contribution in [1.82, 2.24) is 9.80 Å². The summed E-state index contributed by atoms with van der Waals surface area (Å²) in [5.41, 5.74) is -0.454. The van der Waals surface area contributed by atoms with Crippen LogP contribution in [0.4, 0.5) is 4.39 Å². The molecule has 0 unspecified atom stereocenters. The van der Waals surface area contributed by atoms with E-state index in [-0.39, 0.29) is 17.3 Å². The average Bonchev–Trinajstić information content (AvgIpc) is 3.46. The molecule has 6 rings (SSSR count). The van der Waals surface area contributed by atoms with Crippen LogP contribution in [0.3, 0.4) is 0 Å². The highest BCUT2D eigenvalue weighted by Gasteiger charge is 2.50. The molecule has 59 heavy (non-hydrogen) atoms. The number of fused-ring (bicyclic) bond motifs is 14. The number of piperazine rings is 1. The Kier molecular flexibility index (Phi) is 13.9. The molecule has 4 heterocycles. The number of hydrogen-bond acceptors (Lipinski definition) is 14. The molecule has 0 saturated carbocycles. The van der Waals surface area contributed by atoms with Crippen LogP contribution in [0.5, 0.6) is 23.0 Å². The first-order chi connectivity index (χ1) is 27.7. The van der Waals surface area contributed by atoms with E-state index in [4.69, 9.17) is 18.9 Å². The summed E-state index contributed by atoms with van der Waals surface area (Å²) < 4.78 is 39.1. The standard InChI is InChI=1S/C43H56FN3O12/c1-21-11-10-12-22(2)42(55)45-33-27(13-15-47-18-16-46(8)17-19-47)36(51)29-30(38(33)53)37(52)32(44)40-31(29)41(54)43(7,59-40)57-20-14-28(56-9)23(3)39(58-26(6)48)25(5)35(50)24(4)34(21)49/h10-14,20-21,23-25,28,34-35,39,49-53H,15-19H2,1-9H3/b11-10+,20-14+,22-12-,27-13+,45-33?/t21-,23+,24+,25+,28-,34-,35+,39+,43-/m0/s1. The summed E-state index contributed by atoms with van der Waals surface area (Å²) >= 11 is 0. The normalized spacial score (nSPS) is 32.6. The number of aliphatic hydroxyl groups is 2. The second-order valence-electron chi connectivity index (χ2n) is 16.1. The van der Waals surface area contributed by atoms with Gasteiger partial charge in [0.1, 0.15) is 17.2 Å². The van der Waals surface area contributed by atoms with Gasteiger partial charge in [0.05, 0.1) is 35.5 Å². The molecule has 5 bridgehead atoms. The summed E-state index contributed by atoms with van der Waals surface area (Å²) in [6.45, 7) is 13.8. The number of aliphatic hydroxyl groups excluding tert-OH is 2. The second-order valence-corrected chi connectivity index (χ2v) is 16.1. The number of phenolic OH excluding ortho intramolecular Hbond substituents is 3. The Morgan fingerprint density at radius 2 is 1.64 bits per heavy atom. The minimum absolute atomic E-state index is 0.0721. The van der Waals surface area contributed by atoms with E-state index < -0.39 is 122 Å². The molecular weight excluding hydrogens is 769 g/mol. The first-order valence-corrected chi connectivity index (χ1v) is 19.7. The zero-order valence-electron chi connectivity index (χ0n) is 34.9. The quantitative estimate of drug-likeness (QED) is 0.222. The first kappa shape index (κ1) is 45.2. The molecule has 0 aromatic heterocycles. The van der Waals surface area contributed by atoms with E-state index in [0.29, 0.717) is 13.1 Å². The number of aromatic hydroxyl groups is 3. The Morgan fingerprint density at radius 3 is 2.27 bits per heavy atom. The number of ketones is 1. The summed E-state index contributed by atoms with van der Waals surface area (Å²) in [5.74, 6) is -12.2. The van der Waals surface area contributed by atoms with Crippen LogP contribution in [0.2, 0.25) is 0 Å². The highest BCUT2D eigenvalue weighted by Crippen LogP contribution is 2.50. The van der Waals surface area contributed by atoms with Gasteiger partial charge in [0.25, 0.3) is 11.7 Å². The van der Waals surface area contributed by atoms with Crippen LogP contribution in [-0.4, -0.2) is 130 Å². The monoisotopic (exact) mass is 825 g/mol. The summed E-state index contributed by atoms with van der Waals surface area (Å²) in [6.07, 6.45) is 4.58. The molecule has 16 heteroatoms. The maximum absolute atomic E-state index is 16.1. The summed E-state index contributed by atoms with van der Waals surface area (Å²) in [6, 6.07) is 0. The fraction of sp³-hybridized carbons (Fsp3) is 0.535. The molecule has 5 N–H and O–H groups in total.